The molecule has 1 N–H and O–H groups in total. The second-order valence-electron chi connectivity index (χ2n) is 10.5. The van der Waals surface area contributed by atoms with Gasteiger partial charge in [0, 0.05) is 36.3 Å². The Morgan fingerprint density at radius 2 is 1.31 bits per heavy atom. The van der Waals surface area contributed by atoms with E-state index in [1.165, 1.54) is 33.7 Å². The van der Waals surface area contributed by atoms with Gasteiger partial charge in [-0.2, -0.15) is 0 Å². The van der Waals surface area contributed by atoms with Crippen LogP contribution in [0.2, 0.25) is 0 Å². The second-order valence-corrected chi connectivity index (χ2v) is 11.4. The summed E-state index contributed by atoms with van der Waals surface area (Å²) >= 11 is 1.82. The van der Waals surface area contributed by atoms with E-state index in [1.807, 2.05) is 11.8 Å². The third-order valence-electron chi connectivity index (χ3n) is 7.78. The number of rotatable bonds is 12. The Morgan fingerprint density at radius 3 is 1.92 bits per heavy atom. The van der Waals surface area contributed by atoms with Gasteiger partial charge in [-0.25, -0.2) is 0 Å². The van der Waals surface area contributed by atoms with Crippen LogP contribution in [0.3, 0.4) is 0 Å². The van der Waals surface area contributed by atoms with E-state index in [-0.39, 0.29) is 0 Å². The van der Waals surface area contributed by atoms with Crippen molar-refractivity contribution in [1.29, 1.82) is 0 Å². The zero-order valence-corrected chi connectivity index (χ0v) is 23.9. The van der Waals surface area contributed by atoms with Gasteiger partial charge in [0.25, 0.3) is 0 Å². The van der Waals surface area contributed by atoms with Gasteiger partial charge < -0.3 is 5.32 Å². The topological polar surface area (TPSA) is 18.5 Å². The second kappa shape index (κ2) is 14.4. The number of hydrogen-bond donors (Lipinski definition) is 1. The number of nitrogens with zero attached hydrogens (tertiary/aromatic N) is 2. The molecule has 0 spiro atoms. The smallest absolute Gasteiger partial charge is 0.0648 e. The first kappa shape index (κ1) is 27.5. The average molecular weight is 536 g/mol. The molecule has 1 aliphatic heterocycles. The molecular weight excluding hydrogens is 494 g/mol. The van der Waals surface area contributed by atoms with Crippen LogP contribution in [-0.4, -0.2) is 41.4 Å². The van der Waals surface area contributed by atoms with Crippen LogP contribution in [0.15, 0.2) is 120 Å². The van der Waals surface area contributed by atoms with Crippen molar-refractivity contribution in [3.05, 3.63) is 132 Å². The van der Waals surface area contributed by atoms with Crippen molar-refractivity contribution in [3.63, 3.8) is 0 Å². The summed E-state index contributed by atoms with van der Waals surface area (Å²) in [6.07, 6.45) is 7.11. The summed E-state index contributed by atoms with van der Waals surface area (Å²) in [5.41, 5.74) is 5.45. The zero-order valence-electron chi connectivity index (χ0n) is 23.1. The molecule has 1 heterocycles. The number of piperidine rings is 1. The first-order valence-electron chi connectivity index (χ1n) is 14.3. The van der Waals surface area contributed by atoms with Crippen molar-refractivity contribution >= 4 is 17.4 Å². The molecule has 1 aliphatic rings. The molecule has 0 bridgehead atoms. The highest BCUT2D eigenvalue weighted by atomic mass is 32.2. The lowest BCUT2D eigenvalue weighted by Crippen LogP contribution is -2.54. The number of nitrogens with one attached hydrogen (secondary N) is 1. The van der Waals surface area contributed by atoms with Gasteiger partial charge in [0.2, 0.25) is 0 Å². The number of para-hydroxylation sites is 1. The maximum Gasteiger partial charge on any atom is 0.0648 e. The lowest BCUT2D eigenvalue weighted by molar-refractivity contribution is -0.00166. The molecule has 0 amide bonds. The number of hydrogen-bond acceptors (Lipinski definition) is 4. The fourth-order valence-electron chi connectivity index (χ4n) is 5.78. The Labute approximate surface area is 239 Å². The fourth-order valence-corrected chi connectivity index (χ4v) is 6.34. The van der Waals surface area contributed by atoms with Gasteiger partial charge >= 0.3 is 0 Å². The molecular formula is C35H41N3S. The molecule has 2 atom stereocenters. The van der Waals surface area contributed by atoms with E-state index in [9.17, 15) is 0 Å². The number of aryl methyl sites for hydroxylation is 1. The molecule has 3 nitrogen and oxygen atoms in total. The highest BCUT2D eigenvalue weighted by Crippen LogP contribution is 2.30. The molecule has 0 saturated carbocycles. The van der Waals surface area contributed by atoms with E-state index in [0.717, 1.165) is 45.4 Å². The lowest BCUT2D eigenvalue weighted by atomic mass is 9.98. The zero-order chi connectivity index (χ0) is 26.7. The van der Waals surface area contributed by atoms with Crippen LogP contribution in [0.25, 0.3) is 0 Å². The van der Waals surface area contributed by atoms with Crippen molar-refractivity contribution in [2.45, 2.75) is 55.9 Å². The summed E-state index contributed by atoms with van der Waals surface area (Å²) in [4.78, 5) is 6.79. The van der Waals surface area contributed by atoms with Crippen LogP contribution in [0.5, 0.6) is 0 Å². The van der Waals surface area contributed by atoms with Crippen molar-refractivity contribution < 1.29 is 0 Å². The van der Waals surface area contributed by atoms with E-state index in [2.05, 4.69) is 137 Å². The quantitative estimate of drug-likeness (QED) is 0.186. The molecule has 39 heavy (non-hydrogen) atoms. The minimum atomic E-state index is 0.369. The third kappa shape index (κ3) is 7.98. The van der Waals surface area contributed by atoms with Gasteiger partial charge in [0.1, 0.15) is 0 Å². The van der Waals surface area contributed by atoms with E-state index >= 15 is 0 Å². The van der Waals surface area contributed by atoms with Crippen LogP contribution < -0.4 is 5.32 Å². The Balaban J connectivity index is 1.37. The highest BCUT2D eigenvalue weighted by Gasteiger charge is 2.33. The van der Waals surface area contributed by atoms with Crippen molar-refractivity contribution in [1.82, 2.24) is 9.80 Å². The van der Waals surface area contributed by atoms with E-state index in [0.29, 0.717) is 12.2 Å². The number of thioether (sulfide) groups is 1. The Hall–Kier alpha value is -3.05. The Kier molecular flexibility index (Phi) is 10.1. The van der Waals surface area contributed by atoms with Crippen LogP contribution >= 0.6 is 11.8 Å². The van der Waals surface area contributed by atoms with Crippen LogP contribution in [0, 0.1) is 0 Å². The molecule has 1 unspecified atom stereocenters. The van der Waals surface area contributed by atoms with Crippen molar-refractivity contribution in [2.75, 3.05) is 24.7 Å². The monoisotopic (exact) mass is 535 g/mol. The van der Waals surface area contributed by atoms with Gasteiger partial charge in [0.05, 0.1) is 6.17 Å². The van der Waals surface area contributed by atoms with Crippen LogP contribution in [-0.2, 0) is 19.5 Å². The molecule has 0 aromatic heterocycles. The van der Waals surface area contributed by atoms with Crippen molar-refractivity contribution in [3.8, 4) is 0 Å². The average Bonchev–Trinajstić information content (AvgIpc) is 2.99. The highest BCUT2D eigenvalue weighted by molar-refractivity contribution is 7.98. The SMILES string of the molecule is CSc1ccccc1NC1CCN(CCCc2ccccc2)[C@@H](N(Cc2ccccc2)Cc2ccccc2)C1. The minimum Gasteiger partial charge on any atom is -0.381 e. The van der Waals surface area contributed by atoms with Gasteiger partial charge in [-0.05, 0) is 67.3 Å². The van der Waals surface area contributed by atoms with Gasteiger partial charge in [0.15, 0.2) is 0 Å². The summed E-state index contributed by atoms with van der Waals surface area (Å²) in [6.45, 7) is 4.12. The normalized spacial score (nSPS) is 17.8. The Bertz CT molecular complexity index is 1210. The van der Waals surface area contributed by atoms with Gasteiger partial charge in [-0.15, -0.1) is 11.8 Å². The minimum absolute atomic E-state index is 0.369. The summed E-state index contributed by atoms with van der Waals surface area (Å²) in [5, 5.41) is 3.94. The summed E-state index contributed by atoms with van der Waals surface area (Å²) in [6, 6.07) is 42.1. The maximum absolute atomic E-state index is 3.94. The van der Waals surface area contributed by atoms with E-state index in [1.54, 1.807) is 0 Å². The van der Waals surface area contributed by atoms with Gasteiger partial charge in [-0.1, -0.05) is 103 Å². The molecule has 0 aliphatic carbocycles. The number of benzene rings is 4. The standard InChI is InChI=1S/C35H41N3S/c1-39-34-22-12-11-21-33(34)36-32-23-25-37(24-13-20-29-14-5-2-6-15-29)35(26-32)38(27-30-16-7-3-8-17-30)28-31-18-9-4-10-19-31/h2-12,14-19,21-22,32,35-36H,13,20,23-28H2,1H3/t32?,35-/m0/s1. The molecule has 4 aromatic rings. The van der Waals surface area contributed by atoms with E-state index < -0.39 is 0 Å². The lowest BCUT2D eigenvalue weighted by Gasteiger charge is -2.46. The summed E-state index contributed by atoms with van der Waals surface area (Å²) in [5.74, 6) is 0. The molecule has 1 fully saturated rings. The number of likely N-dealkylation sites (tertiary alicyclic amines) is 1. The summed E-state index contributed by atoms with van der Waals surface area (Å²) in [7, 11) is 0. The predicted octanol–water partition coefficient (Wildman–Crippen LogP) is 7.95. The molecule has 4 aromatic carbocycles. The van der Waals surface area contributed by atoms with Crippen LogP contribution in [0.1, 0.15) is 36.0 Å². The molecule has 5 rings (SSSR count). The van der Waals surface area contributed by atoms with Crippen molar-refractivity contribution in [2.24, 2.45) is 0 Å². The molecule has 4 heteroatoms. The molecule has 202 valence electrons. The maximum atomic E-state index is 3.94. The van der Waals surface area contributed by atoms with E-state index in [4.69, 9.17) is 0 Å². The Morgan fingerprint density at radius 1 is 0.744 bits per heavy atom. The molecule has 0 radical (unpaired) electrons. The largest absolute Gasteiger partial charge is 0.381 e. The van der Waals surface area contributed by atoms with Gasteiger partial charge in [-0.3, -0.25) is 9.80 Å². The first-order chi connectivity index (χ1) is 19.3. The molecule has 1 saturated heterocycles. The number of anilines is 1. The predicted molar refractivity (Wildman–Crippen MR) is 167 cm³/mol. The fraction of sp³-hybridized carbons (Fsp3) is 0.314. The van der Waals surface area contributed by atoms with Crippen LogP contribution in [0.4, 0.5) is 5.69 Å². The summed E-state index contributed by atoms with van der Waals surface area (Å²) < 4.78 is 0. The first-order valence-corrected chi connectivity index (χ1v) is 15.5. The third-order valence-corrected chi connectivity index (χ3v) is 8.58.